The molecule has 2 amide bonds. The summed E-state index contributed by atoms with van der Waals surface area (Å²) < 4.78 is 4.92. The summed E-state index contributed by atoms with van der Waals surface area (Å²) in [5, 5.41) is 5.64. The van der Waals surface area contributed by atoms with Crippen LogP contribution < -0.4 is 16.4 Å². The molecule has 6 nitrogen and oxygen atoms in total. The third-order valence-electron chi connectivity index (χ3n) is 2.21. The number of primary amides is 1. The van der Waals surface area contributed by atoms with E-state index >= 15 is 0 Å². The molecule has 0 saturated carbocycles. The van der Waals surface area contributed by atoms with Crippen LogP contribution in [-0.2, 0) is 9.53 Å². The maximum atomic E-state index is 11.7. The number of nitrogens with one attached hydrogen (secondary N) is 2. The van der Waals surface area contributed by atoms with Crippen molar-refractivity contribution in [1.29, 1.82) is 0 Å². The van der Waals surface area contributed by atoms with Crippen molar-refractivity contribution in [3.8, 4) is 0 Å². The summed E-state index contributed by atoms with van der Waals surface area (Å²) in [4.78, 5) is 22.0. The lowest BCUT2D eigenvalue weighted by Crippen LogP contribution is -2.28. The van der Waals surface area contributed by atoms with Gasteiger partial charge in [0.05, 0.1) is 6.61 Å². The molecule has 6 heteroatoms. The number of anilines is 1. The van der Waals surface area contributed by atoms with Crippen LogP contribution in [0.1, 0.15) is 10.4 Å². The van der Waals surface area contributed by atoms with Crippen molar-refractivity contribution in [2.24, 2.45) is 5.73 Å². The molecule has 4 N–H and O–H groups in total. The Hall–Kier alpha value is -2.08. The van der Waals surface area contributed by atoms with Crippen molar-refractivity contribution >= 4 is 17.5 Å². The number of hydrogen-bond donors (Lipinski definition) is 3. The van der Waals surface area contributed by atoms with Gasteiger partial charge in [0.15, 0.2) is 0 Å². The van der Waals surface area contributed by atoms with Crippen LogP contribution >= 0.6 is 0 Å². The molecule has 0 heterocycles. The minimum Gasteiger partial charge on any atom is -0.388 e. The average Bonchev–Trinajstić information content (AvgIpc) is 2.38. The van der Waals surface area contributed by atoms with Crippen LogP contribution in [0.2, 0.25) is 0 Å². The van der Waals surface area contributed by atoms with Gasteiger partial charge in [-0.3, -0.25) is 9.59 Å². The van der Waals surface area contributed by atoms with Crippen LogP contribution in [-0.4, -0.2) is 38.6 Å². The minimum absolute atomic E-state index is 0.132. The Morgan fingerprint density at radius 3 is 2.50 bits per heavy atom. The van der Waals surface area contributed by atoms with Crippen LogP contribution in [0, 0.1) is 0 Å². The topological polar surface area (TPSA) is 93.4 Å². The van der Waals surface area contributed by atoms with Gasteiger partial charge in [-0.25, -0.2) is 0 Å². The van der Waals surface area contributed by atoms with Gasteiger partial charge in [-0.2, -0.15) is 0 Å². The second-order valence-electron chi connectivity index (χ2n) is 3.60. The smallest absolute Gasteiger partial charge is 0.251 e. The van der Waals surface area contributed by atoms with Gasteiger partial charge < -0.3 is 21.1 Å². The summed E-state index contributed by atoms with van der Waals surface area (Å²) in [6, 6.07) is 7.09. The first-order valence-electron chi connectivity index (χ1n) is 5.55. The summed E-state index contributed by atoms with van der Waals surface area (Å²) >= 11 is 0. The summed E-state index contributed by atoms with van der Waals surface area (Å²) in [7, 11) is 1.81. The maximum Gasteiger partial charge on any atom is 0.251 e. The number of carbonyl (C=O) groups excluding carboxylic acids is 2. The number of nitrogens with two attached hydrogens (primary N) is 1. The Balaban J connectivity index is 2.29. The third-order valence-corrected chi connectivity index (χ3v) is 2.21. The van der Waals surface area contributed by atoms with Crippen molar-refractivity contribution < 1.29 is 14.3 Å². The molecule has 0 aliphatic heterocycles. The Kier molecular flexibility index (Phi) is 5.66. The van der Waals surface area contributed by atoms with Gasteiger partial charge in [0.2, 0.25) is 5.91 Å². The molecule has 18 heavy (non-hydrogen) atoms. The molecule has 1 aromatic carbocycles. The summed E-state index contributed by atoms with van der Waals surface area (Å²) in [6.45, 7) is 0.454. The first-order valence-corrected chi connectivity index (χ1v) is 5.55. The normalized spacial score (nSPS) is 9.83. The summed E-state index contributed by atoms with van der Waals surface area (Å²) in [5.74, 6) is -0.704. The van der Waals surface area contributed by atoms with Crippen LogP contribution in [0.3, 0.4) is 0 Å². The molecular weight excluding hydrogens is 234 g/mol. The molecule has 0 bridgehead atoms. The lowest BCUT2D eigenvalue weighted by molar-refractivity contribution is -0.122. The van der Waals surface area contributed by atoms with E-state index in [0.29, 0.717) is 12.1 Å². The second-order valence-corrected chi connectivity index (χ2v) is 3.60. The number of hydrogen-bond acceptors (Lipinski definition) is 4. The Bertz CT molecular complexity index is 404. The van der Waals surface area contributed by atoms with Gasteiger partial charge in [0.1, 0.15) is 6.61 Å². The number of amides is 2. The van der Waals surface area contributed by atoms with Crippen LogP contribution in [0.4, 0.5) is 5.69 Å². The molecule has 0 radical (unpaired) electrons. The fourth-order valence-corrected chi connectivity index (χ4v) is 1.30. The molecule has 0 atom stereocenters. The second kappa shape index (κ2) is 7.29. The predicted octanol–water partition coefficient (Wildman–Crippen LogP) is -0.0400. The molecule has 1 aromatic rings. The highest BCUT2D eigenvalue weighted by molar-refractivity contribution is 5.94. The van der Waals surface area contributed by atoms with Gasteiger partial charge in [-0.15, -0.1) is 0 Å². The van der Waals surface area contributed by atoms with Crippen molar-refractivity contribution in [2.45, 2.75) is 0 Å². The van der Waals surface area contributed by atoms with Crippen LogP contribution in [0.25, 0.3) is 0 Å². The quantitative estimate of drug-likeness (QED) is 0.593. The zero-order valence-corrected chi connectivity index (χ0v) is 10.2. The Labute approximate surface area is 105 Å². The van der Waals surface area contributed by atoms with E-state index in [1.165, 1.54) is 0 Å². The lowest BCUT2D eigenvalue weighted by atomic mass is 10.2. The Morgan fingerprint density at radius 2 is 1.94 bits per heavy atom. The molecule has 0 spiro atoms. The minimum atomic E-state index is -0.524. The van der Waals surface area contributed by atoms with Gasteiger partial charge in [0, 0.05) is 24.8 Å². The number of ether oxygens (including phenoxy) is 1. The number of carbonyl (C=O) groups is 2. The summed E-state index contributed by atoms with van der Waals surface area (Å²) in [5.41, 5.74) is 6.41. The molecule has 1 rings (SSSR count). The molecule has 0 aliphatic carbocycles. The zero-order chi connectivity index (χ0) is 13.4. The van der Waals surface area contributed by atoms with Crippen LogP contribution in [0.15, 0.2) is 24.3 Å². The molecular formula is C12H17N3O3. The lowest BCUT2D eigenvalue weighted by Gasteiger charge is -2.06. The standard InChI is InChI=1S/C12H17N3O3/c1-14-10-4-2-9(3-5-10)12(17)15-6-7-18-8-11(13)16/h2-5,14H,6-8H2,1H3,(H2,13,16)(H,15,17). The molecule has 0 fully saturated rings. The highest BCUT2D eigenvalue weighted by atomic mass is 16.5. The summed E-state index contributed by atoms with van der Waals surface area (Å²) in [6.07, 6.45) is 0. The van der Waals surface area contributed by atoms with E-state index in [0.717, 1.165) is 5.69 Å². The van der Waals surface area contributed by atoms with Gasteiger partial charge in [0.25, 0.3) is 5.91 Å². The SMILES string of the molecule is CNc1ccc(C(=O)NCCOCC(N)=O)cc1. The van der Waals surface area contributed by atoms with Crippen molar-refractivity contribution in [3.05, 3.63) is 29.8 Å². The largest absolute Gasteiger partial charge is 0.388 e. The van der Waals surface area contributed by atoms with Crippen LogP contribution in [0.5, 0.6) is 0 Å². The van der Waals surface area contributed by atoms with E-state index in [1.807, 2.05) is 19.2 Å². The molecule has 0 unspecified atom stereocenters. The van der Waals surface area contributed by atoms with E-state index in [1.54, 1.807) is 12.1 Å². The van der Waals surface area contributed by atoms with Crippen molar-refractivity contribution in [2.75, 3.05) is 32.1 Å². The fraction of sp³-hybridized carbons (Fsp3) is 0.333. The third kappa shape index (κ3) is 4.84. The van der Waals surface area contributed by atoms with Crippen molar-refractivity contribution in [3.63, 3.8) is 0 Å². The first kappa shape index (κ1) is 14.0. The van der Waals surface area contributed by atoms with E-state index in [4.69, 9.17) is 10.5 Å². The molecule has 0 aliphatic rings. The fourth-order valence-electron chi connectivity index (χ4n) is 1.30. The van der Waals surface area contributed by atoms with Gasteiger partial charge in [-0.05, 0) is 24.3 Å². The average molecular weight is 251 g/mol. The highest BCUT2D eigenvalue weighted by Crippen LogP contribution is 2.08. The monoisotopic (exact) mass is 251 g/mol. The highest BCUT2D eigenvalue weighted by Gasteiger charge is 2.04. The molecule has 0 saturated heterocycles. The molecule has 0 aromatic heterocycles. The predicted molar refractivity (Wildman–Crippen MR) is 68.3 cm³/mol. The van der Waals surface area contributed by atoms with E-state index < -0.39 is 5.91 Å². The zero-order valence-electron chi connectivity index (χ0n) is 10.2. The maximum absolute atomic E-state index is 11.7. The Morgan fingerprint density at radius 1 is 1.28 bits per heavy atom. The molecule has 98 valence electrons. The van der Waals surface area contributed by atoms with Gasteiger partial charge >= 0.3 is 0 Å². The first-order chi connectivity index (χ1) is 8.63. The van der Waals surface area contributed by atoms with E-state index in [9.17, 15) is 9.59 Å². The van der Waals surface area contributed by atoms with E-state index in [-0.39, 0.29) is 19.1 Å². The number of benzene rings is 1. The van der Waals surface area contributed by atoms with E-state index in [2.05, 4.69) is 10.6 Å². The number of rotatable bonds is 7. The van der Waals surface area contributed by atoms with Crippen molar-refractivity contribution in [1.82, 2.24) is 5.32 Å². The van der Waals surface area contributed by atoms with Gasteiger partial charge in [-0.1, -0.05) is 0 Å².